The summed E-state index contributed by atoms with van der Waals surface area (Å²) in [7, 11) is 2.21. The maximum Gasteiger partial charge on any atom is 0.150 e. The second-order valence-electron chi connectivity index (χ2n) is 6.69. The number of para-hydroxylation sites is 1. The van der Waals surface area contributed by atoms with Crippen LogP contribution in [-0.4, -0.2) is 44.7 Å². The van der Waals surface area contributed by atoms with Gasteiger partial charge in [-0.05, 0) is 50.6 Å². The van der Waals surface area contributed by atoms with E-state index in [2.05, 4.69) is 37.3 Å². The molecule has 1 N–H and O–H groups in total. The maximum absolute atomic E-state index is 10.9. The van der Waals surface area contributed by atoms with Crippen LogP contribution in [-0.2, 0) is 6.54 Å². The highest BCUT2D eigenvalue weighted by Gasteiger charge is 2.22. The Labute approximate surface area is 142 Å². The number of hydrogen-bond acceptors (Lipinski definition) is 3. The van der Waals surface area contributed by atoms with Crippen LogP contribution in [0.15, 0.2) is 36.4 Å². The molecule has 0 bridgehead atoms. The minimum Gasteiger partial charge on any atom is -0.505 e. The van der Waals surface area contributed by atoms with E-state index < -0.39 is 0 Å². The highest BCUT2D eigenvalue weighted by atomic mass is 16.3. The third-order valence-corrected chi connectivity index (χ3v) is 4.97. The number of phenols is 1. The van der Waals surface area contributed by atoms with Crippen LogP contribution in [0.1, 0.15) is 25.0 Å². The SMILES string of the molecule is CC[N+](C)(CC)Cc1cc(C)cc(-n2nnc3ccccc32)c1O. The fraction of sp³-hybridized carbons (Fsp3) is 0.368. The average Bonchev–Trinajstić information content (AvgIpc) is 3.01. The summed E-state index contributed by atoms with van der Waals surface area (Å²) >= 11 is 0. The molecule has 1 aromatic heterocycles. The number of quaternary nitrogens is 1. The third-order valence-electron chi connectivity index (χ3n) is 4.97. The van der Waals surface area contributed by atoms with Gasteiger partial charge in [0.05, 0.1) is 31.2 Å². The van der Waals surface area contributed by atoms with Crippen molar-refractivity contribution in [1.29, 1.82) is 0 Å². The Bertz CT molecular complexity index is 865. The molecule has 3 rings (SSSR count). The number of rotatable bonds is 5. The molecule has 0 aliphatic carbocycles. The Morgan fingerprint density at radius 2 is 1.83 bits per heavy atom. The van der Waals surface area contributed by atoms with Crippen LogP contribution >= 0.6 is 0 Å². The highest BCUT2D eigenvalue weighted by Crippen LogP contribution is 2.31. The zero-order chi connectivity index (χ0) is 17.3. The molecule has 0 unspecified atom stereocenters. The van der Waals surface area contributed by atoms with Crippen LogP contribution in [0.4, 0.5) is 0 Å². The van der Waals surface area contributed by atoms with E-state index in [1.54, 1.807) is 4.68 Å². The molecule has 1 heterocycles. The van der Waals surface area contributed by atoms with Crippen LogP contribution in [0.5, 0.6) is 5.75 Å². The summed E-state index contributed by atoms with van der Waals surface area (Å²) in [4.78, 5) is 0. The molecule has 0 spiro atoms. The van der Waals surface area contributed by atoms with Gasteiger partial charge in [0.15, 0.2) is 0 Å². The van der Waals surface area contributed by atoms with Gasteiger partial charge in [0.2, 0.25) is 0 Å². The molecule has 0 atom stereocenters. The van der Waals surface area contributed by atoms with E-state index in [1.807, 2.05) is 37.3 Å². The molecule has 24 heavy (non-hydrogen) atoms. The van der Waals surface area contributed by atoms with Crippen LogP contribution in [0.2, 0.25) is 0 Å². The fourth-order valence-corrected chi connectivity index (χ4v) is 3.02. The molecule has 0 radical (unpaired) electrons. The van der Waals surface area contributed by atoms with Gasteiger partial charge in [0, 0.05) is 0 Å². The zero-order valence-corrected chi connectivity index (χ0v) is 14.8. The minimum atomic E-state index is 0.294. The predicted molar refractivity (Wildman–Crippen MR) is 96.2 cm³/mol. The van der Waals surface area contributed by atoms with E-state index in [9.17, 15) is 5.11 Å². The molecular weight excluding hydrogens is 300 g/mol. The molecule has 0 fully saturated rings. The second-order valence-corrected chi connectivity index (χ2v) is 6.69. The van der Waals surface area contributed by atoms with Crippen molar-refractivity contribution >= 4 is 11.0 Å². The van der Waals surface area contributed by atoms with E-state index in [0.717, 1.165) is 46.3 Å². The summed E-state index contributed by atoms with van der Waals surface area (Å²) in [5, 5.41) is 19.3. The number of fused-ring (bicyclic) bond motifs is 1. The molecule has 3 aromatic rings. The van der Waals surface area contributed by atoms with E-state index >= 15 is 0 Å². The van der Waals surface area contributed by atoms with Crippen LogP contribution in [0.25, 0.3) is 16.7 Å². The van der Waals surface area contributed by atoms with Crippen molar-refractivity contribution in [3.63, 3.8) is 0 Å². The minimum absolute atomic E-state index is 0.294. The van der Waals surface area contributed by atoms with Crippen molar-refractivity contribution < 1.29 is 9.59 Å². The van der Waals surface area contributed by atoms with Crippen molar-refractivity contribution in [2.45, 2.75) is 27.3 Å². The van der Waals surface area contributed by atoms with Gasteiger partial charge < -0.3 is 9.59 Å². The topological polar surface area (TPSA) is 50.9 Å². The molecule has 0 saturated heterocycles. The third kappa shape index (κ3) is 2.87. The summed E-state index contributed by atoms with van der Waals surface area (Å²) in [6.45, 7) is 9.25. The van der Waals surface area contributed by atoms with E-state index in [0.29, 0.717) is 11.4 Å². The first kappa shape index (κ1) is 16.5. The van der Waals surface area contributed by atoms with Crippen molar-refractivity contribution in [2.75, 3.05) is 20.1 Å². The van der Waals surface area contributed by atoms with Gasteiger partial charge in [0.25, 0.3) is 0 Å². The van der Waals surface area contributed by atoms with Crippen LogP contribution in [0.3, 0.4) is 0 Å². The van der Waals surface area contributed by atoms with E-state index in [1.165, 1.54) is 0 Å². The van der Waals surface area contributed by atoms with E-state index in [4.69, 9.17) is 0 Å². The van der Waals surface area contributed by atoms with Crippen molar-refractivity contribution in [1.82, 2.24) is 15.0 Å². The summed E-state index contributed by atoms with van der Waals surface area (Å²) < 4.78 is 2.61. The normalized spacial score (nSPS) is 12.0. The Hall–Kier alpha value is -2.40. The van der Waals surface area contributed by atoms with Gasteiger partial charge in [-0.2, -0.15) is 0 Å². The molecule has 5 heteroatoms. The number of nitrogens with zero attached hydrogens (tertiary/aromatic N) is 4. The van der Waals surface area contributed by atoms with Gasteiger partial charge in [-0.25, -0.2) is 4.68 Å². The quantitative estimate of drug-likeness (QED) is 0.731. The largest absolute Gasteiger partial charge is 0.505 e. The number of hydrogen-bond donors (Lipinski definition) is 1. The monoisotopic (exact) mass is 325 g/mol. The Morgan fingerprint density at radius 1 is 1.12 bits per heavy atom. The first-order valence-electron chi connectivity index (χ1n) is 8.44. The van der Waals surface area contributed by atoms with Gasteiger partial charge >= 0.3 is 0 Å². The first-order chi connectivity index (χ1) is 11.5. The van der Waals surface area contributed by atoms with Crippen molar-refractivity contribution in [3.05, 3.63) is 47.5 Å². The second kappa shape index (κ2) is 6.24. The fourth-order valence-electron chi connectivity index (χ4n) is 3.02. The molecule has 0 amide bonds. The lowest BCUT2D eigenvalue weighted by atomic mass is 10.1. The summed E-state index contributed by atoms with van der Waals surface area (Å²) in [5.74, 6) is 0.294. The molecular formula is C19H25N4O+. The lowest BCUT2D eigenvalue weighted by molar-refractivity contribution is -0.919. The van der Waals surface area contributed by atoms with Gasteiger partial charge in [-0.15, -0.1) is 5.10 Å². The number of aromatic nitrogens is 3. The number of benzene rings is 2. The summed E-state index contributed by atoms with van der Waals surface area (Å²) in [6.07, 6.45) is 0. The smallest absolute Gasteiger partial charge is 0.150 e. The number of aromatic hydroxyl groups is 1. The Kier molecular flexibility index (Phi) is 4.28. The Morgan fingerprint density at radius 3 is 2.54 bits per heavy atom. The van der Waals surface area contributed by atoms with Gasteiger partial charge in [0.1, 0.15) is 23.5 Å². The first-order valence-corrected chi connectivity index (χ1v) is 8.44. The van der Waals surface area contributed by atoms with Crippen LogP contribution < -0.4 is 0 Å². The molecule has 0 aliphatic rings. The van der Waals surface area contributed by atoms with Crippen LogP contribution in [0, 0.1) is 6.92 Å². The van der Waals surface area contributed by atoms with Crippen molar-refractivity contribution in [3.8, 4) is 11.4 Å². The van der Waals surface area contributed by atoms with E-state index in [-0.39, 0.29) is 0 Å². The lowest BCUT2D eigenvalue weighted by Gasteiger charge is -2.32. The predicted octanol–water partition coefficient (Wildman–Crippen LogP) is 3.42. The molecule has 2 aromatic carbocycles. The lowest BCUT2D eigenvalue weighted by Crippen LogP contribution is -2.42. The zero-order valence-electron chi connectivity index (χ0n) is 14.8. The molecule has 5 nitrogen and oxygen atoms in total. The molecule has 0 saturated carbocycles. The summed E-state index contributed by atoms with van der Waals surface area (Å²) in [6, 6.07) is 11.8. The Balaban J connectivity index is 2.13. The standard InChI is InChI=1S/C19H24N4O/c1-5-23(4,6-2)13-15-11-14(3)12-18(19(15)24)22-17-10-8-7-9-16(17)20-21-22/h7-12H,5-6,13H2,1-4H3/p+1. The average molecular weight is 325 g/mol. The van der Waals surface area contributed by atoms with Gasteiger partial charge in [-0.1, -0.05) is 17.3 Å². The number of phenolic OH excluding ortho intramolecular Hbond substituents is 1. The highest BCUT2D eigenvalue weighted by molar-refractivity contribution is 5.76. The maximum atomic E-state index is 10.9. The number of aryl methyl sites for hydroxylation is 1. The molecule has 126 valence electrons. The van der Waals surface area contributed by atoms with Gasteiger partial charge in [-0.3, -0.25) is 0 Å². The summed E-state index contributed by atoms with van der Waals surface area (Å²) in [5.41, 5.74) is 4.47. The van der Waals surface area contributed by atoms with Crippen molar-refractivity contribution in [2.24, 2.45) is 0 Å². The molecule has 0 aliphatic heterocycles.